The first kappa shape index (κ1) is 14.7. The monoisotopic (exact) mass is 312 g/mol. The lowest BCUT2D eigenvalue weighted by molar-refractivity contribution is -0.121. The highest BCUT2D eigenvalue weighted by Gasteiger charge is 2.17. The molecule has 0 aromatic heterocycles. The van der Waals surface area contributed by atoms with Crippen molar-refractivity contribution in [1.82, 2.24) is 10.2 Å². The van der Waals surface area contributed by atoms with Gasteiger partial charge in [-0.15, -0.1) is 0 Å². The Bertz CT molecular complexity index is 460. The van der Waals surface area contributed by atoms with E-state index in [2.05, 4.69) is 21.2 Å². The van der Waals surface area contributed by atoms with E-state index in [0.717, 1.165) is 10.0 Å². The van der Waals surface area contributed by atoms with Crippen molar-refractivity contribution in [2.75, 3.05) is 20.1 Å². The van der Waals surface area contributed by atoms with Gasteiger partial charge in [-0.3, -0.25) is 9.59 Å². The predicted molar refractivity (Wildman–Crippen MR) is 74.5 cm³/mol. The number of hydrogen-bond donors (Lipinski definition) is 1. The van der Waals surface area contributed by atoms with Crippen molar-refractivity contribution in [2.24, 2.45) is 0 Å². The Morgan fingerprint density at radius 3 is 2.67 bits per heavy atom. The van der Waals surface area contributed by atoms with Crippen LogP contribution in [0.2, 0.25) is 0 Å². The number of nitrogens with zero attached hydrogens (tertiary/aromatic N) is 1. The average Bonchev–Trinajstić information content (AvgIpc) is 2.31. The molecule has 0 bridgehead atoms. The minimum atomic E-state index is -0.170. The van der Waals surface area contributed by atoms with Gasteiger partial charge in [0.1, 0.15) is 0 Å². The quantitative estimate of drug-likeness (QED) is 0.924. The number of carbonyl (C=O) groups is 2. The van der Waals surface area contributed by atoms with E-state index < -0.39 is 0 Å². The third-order valence-electron chi connectivity index (χ3n) is 2.45. The minimum Gasteiger partial charge on any atom is -0.355 e. The van der Waals surface area contributed by atoms with E-state index in [9.17, 15) is 9.59 Å². The van der Waals surface area contributed by atoms with Crippen molar-refractivity contribution in [3.05, 3.63) is 33.8 Å². The van der Waals surface area contributed by atoms with E-state index in [1.165, 1.54) is 4.90 Å². The largest absolute Gasteiger partial charge is 0.355 e. The van der Waals surface area contributed by atoms with Crippen LogP contribution in [-0.4, -0.2) is 36.9 Å². The van der Waals surface area contributed by atoms with Gasteiger partial charge in [-0.05, 0) is 41.9 Å². The number of nitrogens with one attached hydrogen (secondary N) is 1. The van der Waals surface area contributed by atoms with E-state index in [-0.39, 0.29) is 18.4 Å². The Labute approximate surface area is 115 Å². The van der Waals surface area contributed by atoms with Crippen molar-refractivity contribution in [2.45, 2.75) is 13.8 Å². The molecule has 1 aromatic carbocycles. The Morgan fingerprint density at radius 2 is 2.06 bits per heavy atom. The number of rotatable bonds is 4. The van der Waals surface area contributed by atoms with Gasteiger partial charge in [-0.2, -0.15) is 0 Å². The zero-order valence-electron chi connectivity index (χ0n) is 10.8. The normalized spacial score (nSPS) is 10.0. The standard InChI is InChI=1S/C13H17BrN2O2/c1-4-15-12(17)8-16(3)13(18)10-7-9(2)5-6-11(10)14/h5-7H,4,8H2,1-3H3,(H,15,17). The van der Waals surface area contributed by atoms with Crippen molar-refractivity contribution < 1.29 is 9.59 Å². The Kier molecular flexibility index (Phi) is 5.34. The summed E-state index contributed by atoms with van der Waals surface area (Å²) in [5.41, 5.74) is 1.58. The van der Waals surface area contributed by atoms with Crippen LogP contribution in [0.5, 0.6) is 0 Å². The summed E-state index contributed by atoms with van der Waals surface area (Å²) in [5, 5.41) is 2.66. The van der Waals surface area contributed by atoms with Crippen LogP contribution in [0, 0.1) is 6.92 Å². The number of likely N-dealkylation sites (N-methyl/N-ethyl adjacent to an activating group) is 2. The lowest BCUT2D eigenvalue weighted by Gasteiger charge is -2.17. The molecule has 0 fully saturated rings. The van der Waals surface area contributed by atoms with Gasteiger partial charge in [0, 0.05) is 18.1 Å². The summed E-state index contributed by atoms with van der Waals surface area (Å²) >= 11 is 3.35. The fourth-order valence-electron chi connectivity index (χ4n) is 1.55. The maximum Gasteiger partial charge on any atom is 0.255 e. The molecule has 0 spiro atoms. The van der Waals surface area contributed by atoms with Crippen molar-refractivity contribution >= 4 is 27.7 Å². The Balaban J connectivity index is 2.80. The molecular formula is C13H17BrN2O2. The molecule has 1 rings (SSSR count). The summed E-state index contributed by atoms with van der Waals surface area (Å²) in [4.78, 5) is 25.0. The first-order chi connectivity index (χ1) is 8.45. The lowest BCUT2D eigenvalue weighted by atomic mass is 10.1. The summed E-state index contributed by atoms with van der Waals surface area (Å²) in [7, 11) is 1.62. The molecule has 4 nitrogen and oxygen atoms in total. The molecule has 2 amide bonds. The van der Waals surface area contributed by atoms with Crippen LogP contribution in [0.1, 0.15) is 22.8 Å². The molecule has 98 valence electrons. The van der Waals surface area contributed by atoms with Crippen LogP contribution >= 0.6 is 15.9 Å². The predicted octanol–water partition coefficient (Wildman–Crippen LogP) is 1.97. The number of amides is 2. The number of benzene rings is 1. The van der Waals surface area contributed by atoms with Gasteiger partial charge in [0.25, 0.3) is 5.91 Å². The molecule has 5 heteroatoms. The van der Waals surface area contributed by atoms with E-state index in [1.807, 2.05) is 26.0 Å². The van der Waals surface area contributed by atoms with Crippen LogP contribution in [-0.2, 0) is 4.79 Å². The molecule has 0 unspecified atom stereocenters. The number of aryl methyl sites for hydroxylation is 1. The molecule has 0 saturated heterocycles. The number of halogens is 1. The second-order valence-electron chi connectivity index (χ2n) is 4.10. The topological polar surface area (TPSA) is 49.4 Å². The molecule has 0 aliphatic rings. The highest BCUT2D eigenvalue weighted by atomic mass is 79.9. The molecule has 0 radical (unpaired) electrons. The smallest absolute Gasteiger partial charge is 0.255 e. The van der Waals surface area contributed by atoms with Gasteiger partial charge in [-0.1, -0.05) is 11.6 Å². The van der Waals surface area contributed by atoms with E-state index in [4.69, 9.17) is 0 Å². The van der Waals surface area contributed by atoms with E-state index >= 15 is 0 Å². The van der Waals surface area contributed by atoms with Crippen LogP contribution in [0.25, 0.3) is 0 Å². The highest BCUT2D eigenvalue weighted by molar-refractivity contribution is 9.10. The van der Waals surface area contributed by atoms with Gasteiger partial charge in [-0.25, -0.2) is 0 Å². The molecule has 0 aliphatic heterocycles. The third-order valence-corrected chi connectivity index (χ3v) is 3.15. The van der Waals surface area contributed by atoms with Gasteiger partial charge in [0.05, 0.1) is 12.1 Å². The summed E-state index contributed by atoms with van der Waals surface area (Å²) < 4.78 is 0.737. The molecular weight excluding hydrogens is 296 g/mol. The van der Waals surface area contributed by atoms with Gasteiger partial charge < -0.3 is 10.2 Å². The van der Waals surface area contributed by atoms with E-state index in [1.54, 1.807) is 13.1 Å². The van der Waals surface area contributed by atoms with E-state index in [0.29, 0.717) is 12.1 Å². The molecule has 1 aromatic rings. The first-order valence-corrected chi connectivity index (χ1v) is 6.53. The maximum atomic E-state index is 12.2. The fourth-order valence-corrected chi connectivity index (χ4v) is 1.97. The summed E-state index contributed by atoms with van der Waals surface area (Å²) in [5.74, 6) is -0.325. The zero-order valence-corrected chi connectivity index (χ0v) is 12.4. The minimum absolute atomic E-state index is 0.0626. The van der Waals surface area contributed by atoms with Crippen LogP contribution in [0.3, 0.4) is 0 Å². The number of hydrogen-bond acceptors (Lipinski definition) is 2. The average molecular weight is 313 g/mol. The Hall–Kier alpha value is -1.36. The summed E-state index contributed by atoms with van der Waals surface area (Å²) in [6.45, 7) is 4.39. The highest BCUT2D eigenvalue weighted by Crippen LogP contribution is 2.19. The summed E-state index contributed by atoms with van der Waals surface area (Å²) in [6.07, 6.45) is 0. The van der Waals surface area contributed by atoms with Crippen LogP contribution < -0.4 is 5.32 Å². The molecule has 1 N–H and O–H groups in total. The third kappa shape index (κ3) is 3.84. The second kappa shape index (κ2) is 6.54. The summed E-state index contributed by atoms with van der Waals surface area (Å²) in [6, 6.07) is 5.56. The van der Waals surface area contributed by atoms with Gasteiger partial charge in [0.15, 0.2) is 0 Å². The Morgan fingerprint density at radius 1 is 1.39 bits per heavy atom. The molecule has 0 atom stereocenters. The van der Waals surface area contributed by atoms with Gasteiger partial charge in [0.2, 0.25) is 5.91 Å². The first-order valence-electron chi connectivity index (χ1n) is 5.74. The van der Waals surface area contributed by atoms with Crippen LogP contribution in [0.15, 0.2) is 22.7 Å². The fraction of sp³-hybridized carbons (Fsp3) is 0.385. The SMILES string of the molecule is CCNC(=O)CN(C)C(=O)c1cc(C)ccc1Br. The molecule has 0 saturated carbocycles. The molecule has 18 heavy (non-hydrogen) atoms. The van der Waals surface area contributed by atoms with Gasteiger partial charge >= 0.3 is 0 Å². The second-order valence-corrected chi connectivity index (χ2v) is 4.95. The van der Waals surface area contributed by atoms with Crippen LogP contribution in [0.4, 0.5) is 0 Å². The van der Waals surface area contributed by atoms with Crippen molar-refractivity contribution in [1.29, 1.82) is 0 Å². The molecule has 0 heterocycles. The van der Waals surface area contributed by atoms with Crippen molar-refractivity contribution in [3.63, 3.8) is 0 Å². The zero-order chi connectivity index (χ0) is 13.7. The van der Waals surface area contributed by atoms with Crippen molar-refractivity contribution in [3.8, 4) is 0 Å². The maximum absolute atomic E-state index is 12.2. The lowest BCUT2D eigenvalue weighted by Crippen LogP contribution is -2.38. The number of carbonyl (C=O) groups excluding carboxylic acids is 2. The molecule has 0 aliphatic carbocycles.